The average Bonchev–Trinajstić information content (AvgIpc) is 2.84. The van der Waals surface area contributed by atoms with Gasteiger partial charge in [-0.15, -0.1) is 35.3 Å². The van der Waals surface area contributed by atoms with E-state index in [0.717, 1.165) is 30.2 Å². The number of carbonyl (C=O) groups excluding carboxylic acids is 1. The summed E-state index contributed by atoms with van der Waals surface area (Å²) in [7, 11) is 1.38. The van der Waals surface area contributed by atoms with E-state index in [1.54, 1.807) is 11.3 Å². The van der Waals surface area contributed by atoms with Gasteiger partial charge < -0.3 is 15.4 Å². The predicted octanol–water partition coefficient (Wildman–Crippen LogP) is 1.73. The molecule has 0 fully saturated rings. The highest BCUT2D eigenvalue weighted by Gasteiger charge is 2.02. The van der Waals surface area contributed by atoms with Crippen LogP contribution in [0.15, 0.2) is 10.4 Å². The number of nitrogens with one attached hydrogen (secondary N) is 2. The molecule has 2 N–H and O–H groups in total. The molecule has 0 saturated carbocycles. The van der Waals surface area contributed by atoms with Crippen LogP contribution in [0, 0.1) is 6.92 Å². The second kappa shape index (κ2) is 11.7. The molecule has 1 aromatic rings. The number of carbonyl (C=O) groups is 1. The SMILES string of the molecule is CCNC(=NCCC(=O)OC)NCCc1csc(C)n1.I. The number of nitrogens with zero attached hydrogens (tertiary/aromatic N) is 2. The zero-order valence-electron chi connectivity index (χ0n) is 12.6. The number of hydrogen-bond donors (Lipinski definition) is 2. The van der Waals surface area contributed by atoms with Crippen molar-refractivity contribution in [3.8, 4) is 0 Å². The number of aromatic nitrogens is 1. The highest BCUT2D eigenvalue weighted by molar-refractivity contribution is 14.0. The quantitative estimate of drug-likeness (QED) is 0.301. The van der Waals surface area contributed by atoms with E-state index in [2.05, 4.69) is 30.7 Å². The van der Waals surface area contributed by atoms with Crippen LogP contribution in [0.3, 0.4) is 0 Å². The molecule has 0 aliphatic heterocycles. The fraction of sp³-hybridized carbons (Fsp3) is 0.615. The van der Waals surface area contributed by atoms with E-state index in [0.29, 0.717) is 18.9 Å². The first-order valence-corrected chi connectivity index (χ1v) is 7.53. The van der Waals surface area contributed by atoms with Gasteiger partial charge in [0.05, 0.1) is 30.8 Å². The van der Waals surface area contributed by atoms with Crippen molar-refractivity contribution < 1.29 is 9.53 Å². The summed E-state index contributed by atoms with van der Waals surface area (Å²) in [5, 5.41) is 9.51. The van der Waals surface area contributed by atoms with Crippen molar-refractivity contribution in [2.24, 2.45) is 4.99 Å². The van der Waals surface area contributed by atoms with E-state index in [-0.39, 0.29) is 29.9 Å². The van der Waals surface area contributed by atoms with Crippen LogP contribution in [0.25, 0.3) is 0 Å². The summed E-state index contributed by atoms with van der Waals surface area (Å²) >= 11 is 1.66. The highest BCUT2D eigenvalue weighted by Crippen LogP contribution is 2.07. The van der Waals surface area contributed by atoms with E-state index in [9.17, 15) is 4.79 Å². The smallest absolute Gasteiger partial charge is 0.307 e. The van der Waals surface area contributed by atoms with Gasteiger partial charge >= 0.3 is 5.97 Å². The molecule has 0 saturated heterocycles. The van der Waals surface area contributed by atoms with Crippen molar-refractivity contribution in [2.45, 2.75) is 26.7 Å². The molecule has 0 spiro atoms. The van der Waals surface area contributed by atoms with Crippen LogP contribution in [-0.2, 0) is 16.0 Å². The number of hydrogen-bond acceptors (Lipinski definition) is 5. The molecular weight excluding hydrogens is 403 g/mol. The molecule has 0 unspecified atom stereocenters. The summed E-state index contributed by atoms with van der Waals surface area (Å²) in [6, 6.07) is 0. The van der Waals surface area contributed by atoms with Gasteiger partial charge in [-0.2, -0.15) is 0 Å². The maximum Gasteiger partial charge on any atom is 0.307 e. The topological polar surface area (TPSA) is 75.6 Å². The Bertz CT molecular complexity index is 451. The fourth-order valence-electron chi connectivity index (χ4n) is 1.53. The molecule has 0 atom stereocenters. The third-order valence-corrected chi connectivity index (χ3v) is 3.32. The van der Waals surface area contributed by atoms with Crippen LogP contribution in [0.4, 0.5) is 0 Å². The van der Waals surface area contributed by atoms with Crippen LogP contribution in [0.2, 0.25) is 0 Å². The molecule has 0 amide bonds. The number of halogens is 1. The number of thiazole rings is 1. The maximum absolute atomic E-state index is 11.0. The molecule has 120 valence electrons. The van der Waals surface area contributed by atoms with E-state index < -0.39 is 0 Å². The second-order valence-electron chi connectivity index (χ2n) is 4.12. The van der Waals surface area contributed by atoms with E-state index in [1.807, 2.05) is 13.8 Å². The van der Waals surface area contributed by atoms with Gasteiger partial charge in [0, 0.05) is 24.9 Å². The fourth-order valence-corrected chi connectivity index (χ4v) is 2.18. The van der Waals surface area contributed by atoms with Crippen molar-refractivity contribution in [1.29, 1.82) is 0 Å². The molecular formula is C13H23IN4O2S. The zero-order chi connectivity index (χ0) is 14.8. The molecule has 0 radical (unpaired) electrons. The molecule has 1 aromatic heterocycles. The van der Waals surface area contributed by atoms with Crippen LogP contribution < -0.4 is 10.6 Å². The summed E-state index contributed by atoms with van der Waals surface area (Å²) < 4.78 is 4.58. The van der Waals surface area contributed by atoms with E-state index in [1.165, 1.54) is 7.11 Å². The largest absolute Gasteiger partial charge is 0.469 e. The first kappa shape index (κ1) is 20.1. The molecule has 21 heavy (non-hydrogen) atoms. The first-order valence-electron chi connectivity index (χ1n) is 6.65. The maximum atomic E-state index is 11.0. The standard InChI is InChI=1S/C13H22N4O2S.HI/c1-4-14-13(16-8-6-12(18)19-3)15-7-5-11-9-20-10(2)17-11;/h9H,4-8H2,1-3H3,(H2,14,15,16);1H. The van der Waals surface area contributed by atoms with Crippen molar-refractivity contribution in [3.05, 3.63) is 16.1 Å². The van der Waals surface area contributed by atoms with Crippen molar-refractivity contribution in [3.63, 3.8) is 0 Å². The summed E-state index contributed by atoms with van der Waals surface area (Å²) in [6.07, 6.45) is 1.14. The lowest BCUT2D eigenvalue weighted by Gasteiger charge is -2.10. The average molecular weight is 426 g/mol. The Balaban J connectivity index is 0.00000400. The first-order chi connectivity index (χ1) is 9.65. The number of aliphatic imine (C=N–C) groups is 1. The second-order valence-corrected chi connectivity index (χ2v) is 5.18. The Morgan fingerprint density at radius 3 is 2.81 bits per heavy atom. The number of methoxy groups -OCH3 is 1. The lowest BCUT2D eigenvalue weighted by molar-refractivity contribution is -0.140. The van der Waals surface area contributed by atoms with Crippen LogP contribution in [0.5, 0.6) is 0 Å². The van der Waals surface area contributed by atoms with Crippen molar-refractivity contribution in [2.75, 3.05) is 26.7 Å². The molecule has 0 aliphatic rings. The summed E-state index contributed by atoms with van der Waals surface area (Å²) in [6.45, 7) is 5.95. The van der Waals surface area contributed by atoms with Gasteiger partial charge in [-0.25, -0.2) is 4.98 Å². The van der Waals surface area contributed by atoms with Crippen LogP contribution in [0.1, 0.15) is 24.0 Å². The summed E-state index contributed by atoms with van der Waals surface area (Å²) in [5.41, 5.74) is 1.09. The number of aryl methyl sites for hydroxylation is 1. The molecule has 0 aromatic carbocycles. The van der Waals surface area contributed by atoms with Gasteiger partial charge in [0.15, 0.2) is 5.96 Å². The minimum atomic E-state index is -0.248. The van der Waals surface area contributed by atoms with Gasteiger partial charge in [0.25, 0.3) is 0 Å². The van der Waals surface area contributed by atoms with Gasteiger partial charge in [-0.05, 0) is 13.8 Å². The molecule has 6 nitrogen and oxygen atoms in total. The Morgan fingerprint density at radius 1 is 1.48 bits per heavy atom. The van der Waals surface area contributed by atoms with Gasteiger partial charge in [-0.3, -0.25) is 9.79 Å². The zero-order valence-corrected chi connectivity index (χ0v) is 15.8. The van der Waals surface area contributed by atoms with Crippen molar-refractivity contribution >= 4 is 47.2 Å². The van der Waals surface area contributed by atoms with Crippen molar-refractivity contribution in [1.82, 2.24) is 15.6 Å². The van der Waals surface area contributed by atoms with E-state index in [4.69, 9.17) is 0 Å². The monoisotopic (exact) mass is 426 g/mol. The van der Waals surface area contributed by atoms with E-state index >= 15 is 0 Å². The number of esters is 1. The van der Waals surface area contributed by atoms with Gasteiger partial charge in [-0.1, -0.05) is 0 Å². The third kappa shape index (κ3) is 8.86. The Labute approximate surface area is 146 Å². The third-order valence-electron chi connectivity index (χ3n) is 2.50. The molecule has 8 heteroatoms. The van der Waals surface area contributed by atoms with Crippen LogP contribution in [-0.4, -0.2) is 43.7 Å². The summed E-state index contributed by atoms with van der Waals surface area (Å²) in [5.74, 6) is 0.464. The highest BCUT2D eigenvalue weighted by atomic mass is 127. The lowest BCUT2D eigenvalue weighted by Crippen LogP contribution is -2.38. The Morgan fingerprint density at radius 2 is 2.24 bits per heavy atom. The molecule has 0 bridgehead atoms. The molecule has 1 heterocycles. The normalized spacial score (nSPS) is 10.7. The molecule has 1 rings (SSSR count). The lowest BCUT2D eigenvalue weighted by atomic mass is 10.3. The Kier molecular flexibility index (Phi) is 11.2. The molecule has 0 aliphatic carbocycles. The summed E-state index contributed by atoms with van der Waals surface area (Å²) in [4.78, 5) is 19.7. The minimum Gasteiger partial charge on any atom is -0.469 e. The van der Waals surface area contributed by atoms with Gasteiger partial charge in [0.1, 0.15) is 0 Å². The predicted molar refractivity (Wildman–Crippen MR) is 96.6 cm³/mol. The number of guanidine groups is 1. The number of ether oxygens (including phenoxy) is 1. The Hall–Kier alpha value is -0.900. The van der Waals surface area contributed by atoms with Crippen LogP contribution >= 0.6 is 35.3 Å². The number of rotatable bonds is 7. The van der Waals surface area contributed by atoms with Gasteiger partial charge in [0.2, 0.25) is 0 Å². The minimum absolute atomic E-state index is 0.